The second kappa shape index (κ2) is 6.44. The molecule has 1 rings (SSSR count). The molecule has 0 spiro atoms. The largest absolute Gasteiger partial charge is 0.342 e. The highest BCUT2D eigenvalue weighted by molar-refractivity contribution is 9.09. The first-order chi connectivity index (χ1) is 6.75. The van der Waals surface area contributed by atoms with Crippen molar-refractivity contribution in [1.29, 1.82) is 0 Å². The molecule has 1 amide bonds. The molecule has 1 unspecified atom stereocenters. The number of unbranched alkanes of at least 4 members (excludes halogenated alkanes) is 2. The van der Waals surface area contributed by atoms with E-state index >= 15 is 0 Å². The Morgan fingerprint density at radius 1 is 1.43 bits per heavy atom. The molecule has 0 radical (unpaired) electrons. The molecule has 14 heavy (non-hydrogen) atoms. The van der Waals surface area contributed by atoms with E-state index in [-0.39, 0.29) is 5.92 Å². The number of carbonyl (C=O) groups excluding carboxylic acids is 1. The van der Waals surface area contributed by atoms with Crippen LogP contribution >= 0.6 is 15.9 Å². The molecule has 1 atom stereocenters. The second-order valence-corrected chi connectivity index (χ2v) is 4.91. The molecule has 0 aromatic heterocycles. The van der Waals surface area contributed by atoms with Gasteiger partial charge in [-0.15, -0.1) is 0 Å². The summed E-state index contributed by atoms with van der Waals surface area (Å²) in [4.78, 5) is 13.7. The molecule has 82 valence electrons. The van der Waals surface area contributed by atoms with Gasteiger partial charge < -0.3 is 4.90 Å². The van der Waals surface area contributed by atoms with Crippen molar-refractivity contribution in [2.75, 3.05) is 18.4 Å². The SMILES string of the molecule is CC1CCCN(CCCCCBr)C1=O. The van der Waals surface area contributed by atoms with E-state index in [1.165, 1.54) is 19.3 Å². The molecule has 3 heteroatoms. The molecule has 1 fully saturated rings. The highest BCUT2D eigenvalue weighted by atomic mass is 79.9. The first-order valence-corrected chi connectivity index (χ1v) is 6.72. The number of nitrogens with zero attached hydrogens (tertiary/aromatic N) is 1. The maximum absolute atomic E-state index is 11.7. The van der Waals surface area contributed by atoms with Gasteiger partial charge in [-0.1, -0.05) is 29.3 Å². The van der Waals surface area contributed by atoms with Crippen LogP contribution in [0, 0.1) is 5.92 Å². The third-order valence-electron chi connectivity index (χ3n) is 2.86. The van der Waals surface area contributed by atoms with Crippen LogP contribution in [0.2, 0.25) is 0 Å². The summed E-state index contributed by atoms with van der Waals surface area (Å²) < 4.78 is 0. The van der Waals surface area contributed by atoms with Gasteiger partial charge in [0, 0.05) is 24.3 Å². The number of alkyl halides is 1. The minimum absolute atomic E-state index is 0.264. The number of halogens is 1. The van der Waals surface area contributed by atoms with Crippen molar-refractivity contribution in [2.24, 2.45) is 5.92 Å². The normalized spacial score (nSPS) is 22.9. The third kappa shape index (κ3) is 3.60. The fourth-order valence-corrected chi connectivity index (χ4v) is 2.33. The summed E-state index contributed by atoms with van der Waals surface area (Å²) >= 11 is 3.42. The molecule has 2 nitrogen and oxygen atoms in total. The van der Waals surface area contributed by atoms with Gasteiger partial charge in [0.05, 0.1) is 0 Å². The topological polar surface area (TPSA) is 20.3 Å². The van der Waals surface area contributed by atoms with Crippen LogP contribution in [0.4, 0.5) is 0 Å². The van der Waals surface area contributed by atoms with E-state index in [1.807, 2.05) is 11.8 Å². The van der Waals surface area contributed by atoms with Crippen LogP contribution in [0.25, 0.3) is 0 Å². The standard InChI is InChI=1S/C11H20BrNO/c1-10-6-5-9-13(11(10)14)8-4-2-3-7-12/h10H,2-9H2,1H3. The molecule has 1 aliphatic rings. The van der Waals surface area contributed by atoms with Crippen LogP contribution < -0.4 is 0 Å². The fraction of sp³-hybridized carbons (Fsp3) is 0.909. The molecule has 0 aliphatic carbocycles. The Labute approximate surface area is 95.2 Å². The Balaban J connectivity index is 2.19. The molecular weight excluding hydrogens is 242 g/mol. The lowest BCUT2D eigenvalue weighted by molar-refractivity contribution is -0.137. The van der Waals surface area contributed by atoms with Gasteiger partial charge in [0.1, 0.15) is 0 Å². The monoisotopic (exact) mass is 261 g/mol. The van der Waals surface area contributed by atoms with Crippen LogP contribution in [0.5, 0.6) is 0 Å². The summed E-state index contributed by atoms with van der Waals surface area (Å²) in [5.41, 5.74) is 0. The van der Waals surface area contributed by atoms with E-state index in [1.54, 1.807) is 0 Å². The maximum atomic E-state index is 11.7. The van der Waals surface area contributed by atoms with Crippen molar-refractivity contribution < 1.29 is 4.79 Å². The van der Waals surface area contributed by atoms with Gasteiger partial charge in [-0.2, -0.15) is 0 Å². The lowest BCUT2D eigenvalue weighted by Gasteiger charge is -2.30. The van der Waals surface area contributed by atoms with Crippen LogP contribution in [-0.2, 0) is 4.79 Å². The van der Waals surface area contributed by atoms with Crippen LogP contribution in [-0.4, -0.2) is 29.2 Å². The Morgan fingerprint density at radius 2 is 2.21 bits per heavy atom. The molecule has 1 aliphatic heterocycles. The molecule has 1 heterocycles. The van der Waals surface area contributed by atoms with Gasteiger partial charge >= 0.3 is 0 Å². The summed E-state index contributed by atoms with van der Waals surface area (Å²) in [6.07, 6.45) is 5.87. The Morgan fingerprint density at radius 3 is 2.93 bits per heavy atom. The number of amides is 1. The number of rotatable bonds is 5. The third-order valence-corrected chi connectivity index (χ3v) is 3.42. The maximum Gasteiger partial charge on any atom is 0.225 e. The Kier molecular flexibility index (Phi) is 5.53. The fourth-order valence-electron chi connectivity index (χ4n) is 1.93. The van der Waals surface area contributed by atoms with Crippen molar-refractivity contribution in [2.45, 2.75) is 39.0 Å². The van der Waals surface area contributed by atoms with E-state index < -0.39 is 0 Å². The lowest BCUT2D eigenvalue weighted by atomic mass is 9.99. The van der Waals surface area contributed by atoms with Gasteiger partial charge in [-0.25, -0.2) is 0 Å². The van der Waals surface area contributed by atoms with Crippen molar-refractivity contribution in [3.8, 4) is 0 Å². The zero-order valence-electron chi connectivity index (χ0n) is 8.97. The average Bonchev–Trinajstić information content (AvgIpc) is 2.19. The first kappa shape index (κ1) is 12.0. The van der Waals surface area contributed by atoms with Gasteiger partial charge in [0.2, 0.25) is 5.91 Å². The molecule has 0 bridgehead atoms. The Hall–Kier alpha value is -0.0500. The molecule has 0 N–H and O–H groups in total. The molecular formula is C11H20BrNO. The number of piperidine rings is 1. The second-order valence-electron chi connectivity index (χ2n) is 4.12. The van der Waals surface area contributed by atoms with E-state index in [2.05, 4.69) is 15.9 Å². The quantitative estimate of drug-likeness (QED) is 0.551. The predicted octanol–water partition coefficient (Wildman–Crippen LogP) is 2.81. The lowest BCUT2D eigenvalue weighted by Crippen LogP contribution is -2.40. The first-order valence-electron chi connectivity index (χ1n) is 5.60. The summed E-state index contributed by atoms with van der Waals surface area (Å²) in [7, 11) is 0. The van der Waals surface area contributed by atoms with Gasteiger partial charge in [-0.05, 0) is 25.7 Å². The minimum Gasteiger partial charge on any atom is -0.342 e. The zero-order chi connectivity index (χ0) is 10.4. The average molecular weight is 262 g/mol. The van der Waals surface area contributed by atoms with Crippen LogP contribution in [0.3, 0.4) is 0 Å². The number of hydrogen-bond donors (Lipinski definition) is 0. The highest BCUT2D eigenvalue weighted by Gasteiger charge is 2.24. The van der Waals surface area contributed by atoms with Crippen molar-refractivity contribution >= 4 is 21.8 Å². The summed E-state index contributed by atoms with van der Waals surface area (Å²) in [6.45, 7) is 4.00. The summed E-state index contributed by atoms with van der Waals surface area (Å²) in [5, 5.41) is 1.08. The number of carbonyl (C=O) groups is 1. The van der Waals surface area contributed by atoms with Gasteiger partial charge in [0.15, 0.2) is 0 Å². The van der Waals surface area contributed by atoms with Crippen molar-refractivity contribution in [3.05, 3.63) is 0 Å². The molecule has 0 aromatic carbocycles. The van der Waals surface area contributed by atoms with E-state index in [0.29, 0.717) is 5.91 Å². The predicted molar refractivity (Wildman–Crippen MR) is 62.6 cm³/mol. The smallest absolute Gasteiger partial charge is 0.225 e. The van der Waals surface area contributed by atoms with E-state index in [4.69, 9.17) is 0 Å². The Bertz CT molecular complexity index is 184. The molecule has 0 aromatic rings. The summed E-state index contributed by atoms with van der Waals surface area (Å²) in [6, 6.07) is 0. The van der Waals surface area contributed by atoms with Crippen molar-refractivity contribution in [1.82, 2.24) is 4.90 Å². The van der Waals surface area contributed by atoms with Crippen LogP contribution in [0.15, 0.2) is 0 Å². The van der Waals surface area contributed by atoms with E-state index in [0.717, 1.165) is 31.3 Å². The summed E-state index contributed by atoms with van der Waals surface area (Å²) in [5.74, 6) is 0.634. The molecule has 0 saturated carbocycles. The molecule has 1 saturated heterocycles. The zero-order valence-corrected chi connectivity index (χ0v) is 10.6. The van der Waals surface area contributed by atoms with E-state index in [9.17, 15) is 4.79 Å². The van der Waals surface area contributed by atoms with Gasteiger partial charge in [-0.3, -0.25) is 4.79 Å². The highest BCUT2D eigenvalue weighted by Crippen LogP contribution is 2.17. The number of hydrogen-bond acceptors (Lipinski definition) is 1. The minimum atomic E-state index is 0.264. The van der Waals surface area contributed by atoms with Crippen LogP contribution in [0.1, 0.15) is 39.0 Å². The van der Waals surface area contributed by atoms with Crippen molar-refractivity contribution in [3.63, 3.8) is 0 Å². The van der Waals surface area contributed by atoms with Gasteiger partial charge in [0.25, 0.3) is 0 Å². The number of likely N-dealkylation sites (tertiary alicyclic amines) is 1.